The number of amides is 1. The third-order valence-corrected chi connectivity index (χ3v) is 5.94. The van der Waals surface area contributed by atoms with E-state index in [9.17, 15) is 4.79 Å². The number of hydrogen-bond acceptors (Lipinski definition) is 5. The van der Waals surface area contributed by atoms with E-state index in [4.69, 9.17) is 11.6 Å². The molecule has 26 heavy (non-hydrogen) atoms. The maximum absolute atomic E-state index is 12.3. The fraction of sp³-hybridized carbons (Fsp3) is 0.167. The minimum atomic E-state index is -0.0835. The molecule has 1 aromatic heterocycles. The lowest BCUT2D eigenvalue weighted by Gasteiger charge is -2.10. The zero-order chi connectivity index (χ0) is 18.5. The molecule has 0 saturated heterocycles. The SMILES string of the molecule is Cc1nnc(SCC(=O)Nc2ccccc2Sc2ccc(Cl)cc2)n1C. The fourth-order valence-corrected chi connectivity index (χ4v) is 3.90. The summed E-state index contributed by atoms with van der Waals surface area (Å²) in [7, 11) is 1.88. The van der Waals surface area contributed by atoms with Crippen LogP contribution >= 0.6 is 35.1 Å². The number of hydrogen-bond donors (Lipinski definition) is 1. The van der Waals surface area contributed by atoms with E-state index in [2.05, 4.69) is 15.5 Å². The Hall–Kier alpha value is -1.96. The van der Waals surface area contributed by atoms with Gasteiger partial charge in [0.1, 0.15) is 5.82 Å². The van der Waals surface area contributed by atoms with Crippen LogP contribution in [0.4, 0.5) is 5.69 Å². The van der Waals surface area contributed by atoms with Gasteiger partial charge in [0.25, 0.3) is 0 Å². The van der Waals surface area contributed by atoms with Crippen molar-refractivity contribution in [2.45, 2.75) is 21.9 Å². The Bertz CT molecular complexity index is 912. The Balaban J connectivity index is 1.64. The molecule has 1 amide bonds. The van der Waals surface area contributed by atoms with Crippen molar-refractivity contribution in [2.24, 2.45) is 7.05 Å². The van der Waals surface area contributed by atoms with Gasteiger partial charge in [0.05, 0.1) is 11.4 Å². The third kappa shape index (κ3) is 4.81. The lowest BCUT2D eigenvalue weighted by atomic mass is 10.3. The molecule has 1 N–H and O–H groups in total. The van der Waals surface area contributed by atoms with Crippen LogP contribution in [-0.2, 0) is 11.8 Å². The molecule has 134 valence electrons. The summed E-state index contributed by atoms with van der Waals surface area (Å²) in [5, 5.41) is 12.4. The standard InChI is InChI=1S/C18H17ClN4OS2/c1-12-21-22-18(23(12)2)25-11-17(24)20-15-5-3-4-6-16(15)26-14-9-7-13(19)8-10-14/h3-10H,11H2,1-2H3,(H,20,24). The first-order valence-corrected chi connectivity index (χ1v) is 10.0. The number of para-hydroxylation sites is 1. The summed E-state index contributed by atoms with van der Waals surface area (Å²) in [5.41, 5.74) is 0.784. The molecule has 0 saturated carbocycles. The maximum atomic E-state index is 12.3. The van der Waals surface area contributed by atoms with Crippen LogP contribution in [0, 0.1) is 6.92 Å². The molecular weight excluding hydrogens is 388 g/mol. The Morgan fingerprint density at radius 1 is 1.15 bits per heavy atom. The zero-order valence-electron chi connectivity index (χ0n) is 14.3. The fourth-order valence-electron chi connectivity index (χ4n) is 2.12. The van der Waals surface area contributed by atoms with Gasteiger partial charge in [0, 0.05) is 21.9 Å². The quantitative estimate of drug-likeness (QED) is 0.605. The zero-order valence-corrected chi connectivity index (χ0v) is 16.7. The molecule has 0 spiro atoms. The van der Waals surface area contributed by atoms with Crippen LogP contribution in [0.3, 0.4) is 0 Å². The maximum Gasteiger partial charge on any atom is 0.234 e. The minimum absolute atomic E-state index is 0.0835. The van der Waals surface area contributed by atoms with E-state index in [0.717, 1.165) is 26.5 Å². The summed E-state index contributed by atoms with van der Waals surface area (Å²) in [4.78, 5) is 14.4. The summed E-state index contributed by atoms with van der Waals surface area (Å²) in [5.74, 6) is 1.00. The van der Waals surface area contributed by atoms with Crippen molar-refractivity contribution in [3.8, 4) is 0 Å². The van der Waals surface area contributed by atoms with E-state index in [1.54, 1.807) is 11.8 Å². The molecular formula is C18H17ClN4OS2. The van der Waals surface area contributed by atoms with Crippen LogP contribution in [0.2, 0.25) is 5.02 Å². The summed E-state index contributed by atoms with van der Waals surface area (Å²) in [6, 6.07) is 15.3. The summed E-state index contributed by atoms with van der Waals surface area (Å²) in [6.45, 7) is 1.88. The van der Waals surface area contributed by atoms with Crippen LogP contribution in [0.15, 0.2) is 63.5 Å². The Morgan fingerprint density at radius 3 is 2.58 bits per heavy atom. The van der Waals surface area contributed by atoms with Gasteiger partial charge in [-0.3, -0.25) is 4.79 Å². The normalized spacial score (nSPS) is 10.7. The molecule has 2 aromatic carbocycles. The summed E-state index contributed by atoms with van der Waals surface area (Å²) in [6.07, 6.45) is 0. The van der Waals surface area contributed by atoms with Crippen molar-refractivity contribution in [1.82, 2.24) is 14.8 Å². The first-order valence-electron chi connectivity index (χ1n) is 7.84. The van der Waals surface area contributed by atoms with Gasteiger partial charge in [0.2, 0.25) is 5.91 Å². The van der Waals surface area contributed by atoms with E-state index < -0.39 is 0 Å². The average molecular weight is 405 g/mol. The molecule has 0 aliphatic heterocycles. The molecule has 1 heterocycles. The minimum Gasteiger partial charge on any atom is -0.324 e. The number of halogens is 1. The molecule has 0 bridgehead atoms. The number of aromatic nitrogens is 3. The van der Waals surface area contributed by atoms with Crippen LogP contribution in [0.5, 0.6) is 0 Å². The molecule has 8 heteroatoms. The van der Waals surface area contributed by atoms with Gasteiger partial charge in [-0.25, -0.2) is 0 Å². The number of rotatable bonds is 6. The van der Waals surface area contributed by atoms with Gasteiger partial charge < -0.3 is 9.88 Å². The number of carbonyl (C=O) groups excluding carboxylic acids is 1. The van der Waals surface area contributed by atoms with Gasteiger partial charge in [-0.15, -0.1) is 10.2 Å². The average Bonchev–Trinajstić information content (AvgIpc) is 2.95. The predicted octanol–water partition coefficient (Wildman–Crippen LogP) is 4.66. The van der Waals surface area contributed by atoms with Crippen LogP contribution in [0.25, 0.3) is 0 Å². The number of carbonyl (C=O) groups is 1. The van der Waals surface area contributed by atoms with Crippen molar-refractivity contribution >= 4 is 46.7 Å². The summed E-state index contributed by atoms with van der Waals surface area (Å²) < 4.78 is 1.86. The van der Waals surface area contributed by atoms with Crippen molar-refractivity contribution < 1.29 is 4.79 Å². The monoisotopic (exact) mass is 404 g/mol. The third-order valence-electron chi connectivity index (χ3n) is 3.59. The highest BCUT2D eigenvalue weighted by Gasteiger charge is 2.11. The van der Waals surface area contributed by atoms with Crippen LogP contribution in [0.1, 0.15) is 5.82 Å². The number of nitrogens with one attached hydrogen (secondary N) is 1. The van der Waals surface area contributed by atoms with Gasteiger partial charge >= 0.3 is 0 Å². The topological polar surface area (TPSA) is 59.8 Å². The largest absolute Gasteiger partial charge is 0.324 e. The van der Waals surface area contributed by atoms with E-state index in [1.807, 2.05) is 67.1 Å². The number of benzene rings is 2. The van der Waals surface area contributed by atoms with Gasteiger partial charge in [-0.05, 0) is 43.3 Å². The number of aryl methyl sites for hydroxylation is 1. The summed E-state index contributed by atoms with van der Waals surface area (Å²) >= 11 is 8.87. The predicted molar refractivity (Wildman–Crippen MR) is 107 cm³/mol. The number of thioether (sulfide) groups is 1. The van der Waals surface area contributed by atoms with Crippen LogP contribution in [-0.4, -0.2) is 26.4 Å². The molecule has 0 unspecified atom stereocenters. The molecule has 3 rings (SSSR count). The van der Waals surface area contributed by atoms with E-state index in [-0.39, 0.29) is 11.7 Å². The Kier molecular flexibility index (Phi) is 6.24. The lowest BCUT2D eigenvalue weighted by Crippen LogP contribution is -2.15. The van der Waals surface area contributed by atoms with Crippen molar-refractivity contribution in [3.63, 3.8) is 0 Å². The Morgan fingerprint density at radius 2 is 1.88 bits per heavy atom. The second-order valence-electron chi connectivity index (χ2n) is 5.48. The second-order valence-corrected chi connectivity index (χ2v) is 7.97. The van der Waals surface area contributed by atoms with E-state index in [0.29, 0.717) is 5.02 Å². The van der Waals surface area contributed by atoms with Crippen LogP contribution < -0.4 is 5.32 Å². The molecule has 0 fully saturated rings. The molecule has 0 radical (unpaired) electrons. The molecule has 5 nitrogen and oxygen atoms in total. The highest BCUT2D eigenvalue weighted by molar-refractivity contribution is 8.00. The molecule has 0 aliphatic rings. The number of anilines is 1. The second kappa shape index (κ2) is 8.62. The lowest BCUT2D eigenvalue weighted by molar-refractivity contribution is -0.113. The smallest absolute Gasteiger partial charge is 0.234 e. The molecule has 0 atom stereocenters. The molecule has 3 aromatic rings. The first kappa shape index (κ1) is 18.8. The number of nitrogens with zero attached hydrogens (tertiary/aromatic N) is 3. The van der Waals surface area contributed by atoms with E-state index in [1.165, 1.54) is 11.8 Å². The first-order chi connectivity index (χ1) is 12.5. The van der Waals surface area contributed by atoms with Gasteiger partial charge in [0.15, 0.2) is 5.16 Å². The van der Waals surface area contributed by atoms with Crippen molar-refractivity contribution in [3.05, 3.63) is 59.4 Å². The van der Waals surface area contributed by atoms with Gasteiger partial charge in [-0.1, -0.05) is 47.3 Å². The molecule has 0 aliphatic carbocycles. The van der Waals surface area contributed by atoms with E-state index >= 15 is 0 Å². The highest BCUT2D eigenvalue weighted by atomic mass is 35.5. The van der Waals surface area contributed by atoms with Gasteiger partial charge in [-0.2, -0.15) is 0 Å². The Labute approximate surface area is 165 Å². The van der Waals surface area contributed by atoms with Crippen molar-refractivity contribution in [2.75, 3.05) is 11.1 Å². The van der Waals surface area contributed by atoms with Crippen molar-refractivity contribution in [1.29, 1.82) is 0 Å². The highest BCUT2D eigenvalue weighted by Crippen LogP contribution is 2.34.